The number of benzene rings is 2. The standard InChI is InChI=1S/C26H33NO3.C5H13N.ClH/c1-8-17-9-11-20(12-10-17)29-15-19-16-30-24(27-19)18-13-21(25(2,3)4)23(28)22(14-18)26(5,6)7;1-3-5-6-4-2;/h9-14,16,28H,8,15H2,1-7H3;6H,3-5H2,1-2H3;1H. The highest BCUT2D eigenvalue weighted by molar-refractivity contribution is 5.85. The Morgan fingerprint density at radius 3 is 1.92 bits per heavy atom. The Labute approximate surface area is 230 Å². The molecule has 2 N–H and O–H groups in total. The van der Waals surface area contributed by atoms with Crippen LogP contribution in [0, 0.1) is 0 Å². The van der Waals surface area contributed by atoms with Crippen LogP contribution in [0.1, 0.15) is 91.1 Å². The molecule has 3 aromatic rings. The number of hydrogen-bond donors (Lipinski definition) is 2. The third-order valence-electron chi connectivity index (χ3n) is 5.92. The Hall–Kier alpha value is -2.50. The first-order valence-corrected chi connectivity index (χ1v) is 13.2. The smallest absolute Gasteiger partial charge is 0.226 e. The Bertz CT molecular complexity index is 1040. The summed E-state index contributed by atoms with van der Waals surface area (Å²) in [7, 11) is 0. The molecule has 0 radical (unpaired) electrons. The number of aromatic hydroxyl groups is 1. The molecule has 1 heterocycles. The van der Waals surface area contributed by atoms with Gasteiger partial charge in [-0.15, -0.1) is 12.4 Å². The summed E-state index contributed by atoms with van der Waals surface area (Å²) < 4.78 is 11.6. The van der Waals surface area contributed by atoms with Gasteiger partial charge in [-0.1, -0.05) is 74.4 Å². The van der Waals surface area contributed by atoms with Crippen molar-refractivity contribution in [2.24, 2.45) is 0 Å². The molecular formula is C31H47ClN2O3. The van der Waals surface area contributed by atoms with E-state index in [0.29, 0.717) is 18.2 Å². The fourth-order valence-corrected chi connectivity index (χ4v) is 3.74. The zero-order valence-corrected chi connectivity index (χ0v) is 25.0. The molecule has 0 saturated heterocycles. The largest absolute Gasteiger partial charge is 0.507 e. The van der Waals surface area contributed by atoms with Gasteiger partial charge >= 0.3 is 0 Å². The Balaban J connectivity index is 0.000000876. The van der Waals surface area contributed by atoms with Gasteiger partial charge in [0.25, 0.3) is 0 Å². The first-order chi connectivity index (χ1) is 16.9. The minimum Gasteiger partial charge on any atom is -0.507 e. The van der Waals surface area contributed by atoms with Crippen LogP contribution in [-0.4, -0.2) is 23.2 Å². The number of aryl methyl sites for hydroxylation is 1. The lowest BCUT2D eigenvalue weighted by atomic mass is 9.78. The van der Waals surface area contributed by atoms with E-state index in [1.165, 1.54) is 12.0 Å². The highest BCUT2D eigenvalue weighted by Crippen LogP contribution is 2.41. The maximum Gasteiger partial charge on any atom is 0.226 e. The maximum atomic E-state index is 10.9. The Morgan fingerprint density at radius 2 is 1.49 bits per heavy atom. The highest BCUT2D eigenvalue weighted by atomic mass is 35.5. The number of halogens is 1. The number of ether oxygens (including phenoxy) is 1. The Morgan fingerprint density at radius 1 is 0.919 bits per heavy atom. The zero-order valence-electron chi connectivity index (χ0n) is 24.2. The number of phenols is 1. The summed E-state index contributed by atoms with van der Waals surface area (Å²) in [4.78, 5) is 4.63. The van der Waals surface area contributed by atoms with Crippen molar-refractivity contribution in [1.82, 2.24) is 10.3 Å². The van der Waals surface area contributed by atoms with E-state index in [4.69, 9.17) is 9.15 Å². The molecule has 0 aliphatic rings. The minimum atomic E-state index is -0.205. The fraction of sp³-hybridized carbons (Fsp3) is 0.516. The summed E-state index contributed by atoms with van der Waals surface area (Å²) in [6.45, 7) is 21.6. The second kappa shape index (κ2) is 14.4. The van der Waals surface area contributed by atoms with Gasteiger partial charge in [0.2, 0.25) is 5.89 Å². The summed E-state index contributed by atoms with van der Waals surface area (Å²) in [6.07, 6.45) is 3.89. The average molecular weight is 531 g/mol. The molecule has 0 atom stereocenters. The number of phenolic OH excluding ortho intramolecular Hbond substituents is 1. The van der Waals surface area contributed by atoms with Gasteiger partial charge in [0.15, 0.2) is 0 Å². The molecule has 0 fully saturated rings. The summed E-state index contributed by atoms with van der Waals surface area (Å²) in [6, 6.07) is 12.1. The minimum absolute atomic E-state index is 0. The highest BCUT2D eigenvalue weighted by Gasteiger charge is 2.27. The van der Waals surface area contributed by atoms with Crippen LogP contribution in [0.3, 0.4) is 0 Å². The quantitative estimate of drug-likeness (QED) is 0.287. The number of nitrogens with one attached hydrogen (secondary N) is 1. The van der Waals surface area contributed by atoms with Gasteiger partial charge in [0, 0.05) is 16.7 Å². The molecule has 1 aromatic heterocycles. The van der Waals surface area contributed by atoms with E-state index < -0.39 is 0 Å². The van der Waals surface area contributed by atoms with Crippen LogP contribution < -0.4 is 10.1 Å². The SMILES string of the molecule is CCCNCC.CCc1ccc(OCc2coc(-c3cc(C(C)(C)C)c(O)c(C(C)(C)C)c3)n2)cc1.Cl. The summed E-state index contributed by atoms with van der Waals surface area (Å²) in [5.74, 6) is 1.70. The third kappa shape index (κ3) is 9.71. The number of hydrogen-bond acceptors (Lipinski definition) is 5. The molecule has 37 heavy (non-hydrogen) atoms. The first kappa shape index (κ1) is 32.5. The average Bonchev–Trinajstić information content (AvgIpc) is 3.30. The lowest BCUT2D eigenvalue weighted by Gasteiger charge is -2.27. The van der Waals surface area contributed by atoms with Crippen molar-refractivity contribution in [3.05, 3.63) is 65.0 Å². The number of rotatable bonds is 8. The topological polar surface area (TPSA) is 67.5 Å². The fourth-order valence-electron chi connectivity index (χ4n) is 3.74. The van der Waals surface area contributed by atoms with E-state index in [1.807, 2.05) is 24.3 Å². The van der Waals surface area contributed by atoms with Crippen molar-refractivity contribution in [3.63, 3.8) is 0 Å². The van der Waals surface area contributed by atoms with Crippen molar-refractivity contribution in [3.8, 4) is 23.0 Å². The molecule has 0 spiro atoms. The lowest BCUT2D eigenvalue weighted by molar-refractivity contribution is 0.301. The molecule has 3 rings (SSSR count). The van der Waals surface area contributed by atoms with E-state index in [0.717, 1.165) is 47.6 Å². The van der Waals surface area contributed by atoms with Crippen LogP contribution in [-0.2, 0) is 23.9 Å². The van der Waals surface area contributed by atoms with Gasteiger partial charge in [-0.3, -0.25) is 0 Å². The van der Waals surface area contributed by atoms with E-state index in [1.54, 1.807) is 6.26 Å². The predicted molar refractivity (Wildman–Crippen MR) is 157 cm³/mol. The van der Waals surface area contributed by atoms with Crippen LogP contribution in [0.25, 0.3) is 11.5 Å². The van der Waals surface area contributed by atoms with Gasteiger partial charge in [-0.05, 0) is 66.6 Å². The normalized spacial score (nSPS) is 11.4. The second-order valence-corrected chi connectivity index (χ2v) is 11.2. The van der Waals surface area contributed by atoms with Crippen molar-refractivity contribution in [2.75, 3.05) is 13.1 Å². The summed E-state index contributed by atoms with van der Waals surface area (Å²) in [5.41, 5.74) is 4.23. The molecule has 0 amide bonds. The van der Waals surface area contributed by atoms with E-state index in [2.05, 4.69) is 84.7 Å². The first-order valence-electron chi connectivity index (χ1n) is 13.2. The zero-order chi connectivity index (χ0) is 26.9. The van der Waals surface area contributed by atoms with Crippen molar-refractivity contribution in [1.29, 1.82) is 0 Å². The van der Waals surface area contributed by atoms with Crippen molar-refractivity contribution < 1.29 is 14.3 Å². The van der Waals surface area contributed by atoms with Gasteiger partial charge in [0.1, 0.15) is 30.1 Å². The number of nitrogens with zero attached hydrogens (tertiary/aromatic N) is 1. The van der Waals surface area contributed by atoms with E-state index in [-0.39, 0.29) is 23.2 Å². The van der Waals surface area contributed by atoms with Crippen LogP contribution >= 0.6 is 12.4 Å². The summed E-state index contributed by atoms with van der Waals surface area (Å²) in [5, 5.41) is 14.1. The van der Waals surface area contributed by atoms with Gasteiger partial charge < -0.3 is 19.6 Å². The molecular weight excluding hydrogens is 484 g/mol. The number of oxazole rings is 1. The van der Waals surface area contributed by atoms with Crippen LogP contribution in [0.5, 0.6) is 11.5 Å². The maximum absolute atomic E-state index is 10.9. The van der Waals surface area contributed by atoms with Crippen LogP contribution in [0.2, 0.25) is 0 Å². The van der Waals surface area contributed by atoms with Crippen LogP contribution in [0.4, 0.5) is 0 Å². The molecule has 0 unspecified atom stereocenters. The van der Waals surface area contributed by atoms with E-state index in [9.17, 15) is 5.11 Å². The van der Waals surface area contributed by atoms with Crippen LogP contribution in [0.15, 0.2) is 47.1 Å². The Kier molecular flexibility index (Phi) is 12.7. The van der Waals surface area contributed by atoms with Crippen molar-refractivity contribution >= 4 is 12.4 Å². The molecule has 6 heteroatoms. The summed E-state index contributed by atoms with van der Waals surface area (Å²) >= 11 is 0. The predicted octanol–water partition coefficient (Wildman–Crippen LogP) is 8.21. The molecule has 0 aliphatic carbocycles. The molecule has 2 aromatic carbocycles. The monoisotopic (exact) mass is 530 g/mol. The van der Waals surface area contributed by atoms with Crippen molar-refractivity contribution in [2.45, 2.75) is 92.6 Å². The molecule has 0 bridgehead atoms. The molecule has 5 nitrogen and oxygen atoms in total. The third-order valence-corrected chi connectivity index (χ3v) is 5.92. The van der Waals surface area contributed by atoms with Gasteiger partial charge in [-0.25, -0.2) is 4.98 Å². The van der Waals surface area contributed by atoms with Gasteiger partial charge in [0.05, 0.1) is 0 Å². The number of aromatic nitrogens is 1. The lowest BCUT2D eigenvalue weighted by Crippen LogP contribution is -2.17. The molecule has 0 saturated carbocycles. The second-order valence-electron chi connectivity index (χ2n) is 11.2. The van der Waals surface area contributed by atoms with Gasteiger partial charge in [-0.2, -0.15) is 0 Å². The molecule has 0 aliphatic heterocycles. The molecule has 206 valence electrons. The van der Waals surface area contributed by atoms with E-state index >= 15 is 0 Å².